The molecule has 2 N–H and O–H groups in total. The van der Waals surface area contributed by atoms with E-state index in [0.29, 0.717) is 51.7 Å². The number of nitrogens with zero attached hydrogens (tertiary/aromatic N) is 1. The zero-order valence-corrected chi connectivity index (χ0v) is 20.2. The van der Waals surface area contributed by atoms with E-state index < -0.39 is 23.6 Å². The second-order valence-electron chi connectivity index (χ2n) is 8.67. The number of furan rings is 1. The Balaban J connectivity index is 1.33. The lowest BCUT2D eigenvalue weighted by Crippen LogP contribution is -2.18. The van der Waals surface area contributed by atoms with E-state index in [2.05, 4.69) is 22.3 Å². The van der Waals surface area contributed by atoms with Gasteiger partial charge in [0.15, 0.2) is 0 Å². The van der Waals surface area contributed by atoms with Crippen LogP contribution in [0.2, 0.25) is 5.02 Å². The fourth-order valence-electron chi connectivity index (χ4n) is 3.93. The van der Waals surface area contributed by atoms with Crippen molar-refractivity contribution in [2.45, 2.75) is 38.2 Å². The maximum atomic E-state index is 12.5. The number of amides is 1. The molecular weight excluding hydrogens is 484 g/mol. The van der Waals surface area contributed by atoms with Crippen molar-refractivity contribution in [2.24, 2.45) is 0 Å². The van der Waals surface area contributed by atoms with Crippen molar-refractivity contribution in [3.05, 3.63) is 81.9 Å². The van der Waals surface area contributed by atoms with Gasteiger partial charge < -0.3 is 18.8 Å². The molecule has 0 saturated heterocycles. The summed E-state index contributed by atoms with van der Waals surface area (Å²) in [6.45, 7) is 3.40. The number of rotatable bonds is 5. The first-order chi connectivity index (χ1) is 17.3. The van der Waals surface area contributed by atoms with Gasteiger partial charge >= 0.3 is 12.1 Å². The minimum absolute atomic E-state index is 0.165. The molecule has 4 aromatic rings. The third-order valence-corrected chi connectivity index (χ3v) is 6.53. The molecule has 5 rings (SSSR count). The molecule has 2 aromatic heterocycles. The van der Waals surface area contributed by atoms with Crippen LogP contribution in [0.3, 0.4) is 0 Å². The summed E-state index contributed by atoms with van der Waals surface area (Å²) in [6.07, 6.45) is -0.146. The number of nitrogens with one attached hydrogen (secondary N) is 1. The van der Waals surface area contributed by atoms with Crippen molar-refractivity contribution in [1.29, 1.82) is 0 Å². The molecule has 1 aliphatic rings. The molecular formula is C27H21ClN2O6. The van der Waals surface area contributed by atoms with Gasteiger partial charge in [0.05, 0.1) is 0 Å². The number of aliphatic carboxylic acids is 1. The standard InChI is InChI=1S/C27H21ClN2O6/c1-15-24(29-26(33)34-16(2)19-5-3-4-6-20(19)28)21(36-30-15)10-8-17-7-9-18-14-23(35-22(18)13-17)27(11-12-27)25(31)32/h3-7,9,13-14,16H,11-12H2,1-2H3,(H,29,33)(H,31,32). The zero-order valence-electron chi connectivity index (χ0n) is 19.4. The molecule has 0 aliphatic heterocycles. The average Bonchev–Trinajstić information content (AvgIpc) is 3.45. The third-order valence-electron chi connectivity index (χ3n) is 6.19. The van der Waals surface area contributed by atoms with Crippen LogP contribution in [0.25, 0.3) is 11.0 Å². The highest BCUT2D eigenvalue weighted by molar-refractivity contribution is 6.31. The van der Waals surface area contributed by atoms with Crippen LogP contribution >= 0.6 is 11.6 Å². The average molecular weight is 505 g/mol. The molecule has 2 heterocycles. The Morgan fingerprint density at radius 2 is 1.97 bits per heavy atom. The van der Waals surface area contributed by atoms with Gasteiger partial charge in [-0.15, -0.1) is 0 Å². The molecule has 1 unspecified atom stereocenters. The summed E-state index contributed by atoms with van der Waals surface area (Å²) in [5.74, 6) is 5.59. The lowest BCUT2D eigenvalue weighted by Gasteiger charge is -2.15. The fraction of sp³-hybridized carbons (Fsp3) is 0.222. The molecule has 0 radical (unpaired) electrons. The van der Waals surface area contributed by atoms with E-state index in [0.717, 1.165) is 5.39 Å². The Bertz CT molecular complexity index is 1550. The van der Waals surface area contributed by atoms with Crippen molar-refractivity contribution < 1.29 is 28.4 Å². The zero-order chi connectivity index (χ0) is 25.4. The monoisotopic (exact) mass is 504 g/mol. The van der Waals surface area contributed by atoms with Crippen LogP contribution in [0.4, 0.5) is 10.5 Å². The predicted octanol–water partition coefficient (Wildman–Crippen LogP) is 6.21. The lowest BCUT2D eigenvalue weighted by molar-refractivity contribution is -0.140. The minimum atomic E-state index is -0.916. The smallest absolute Gasteiger partial charge is 0.412 e. The molecule has 2 aromatic carbocycles. The Morgan fingerprint density at radius 1 is 1.19 bits per heavy atom. The van der Waals surface area contributed by atoms with Crippen molar-refractivity contribution in [3.63, 3.8) is 0 Å². The molecule has 1 aliphatic carbocycles. The van der Waals surface area contributed by atoms with E-state index in [1.54, 1.807) is 50.2 Å². The van der Waals surface area contributed by atoms with Crippen LogP contribution in [0.15, 0.2) is 57.5 Å². The number of aromatic nitrogens is 1. The van der Waals surface area contributed by atoms with Crippen LogP contribution in [-0.2, 0) is 14.9 Å². The number of benzene rings is 2. The lowest BCUT2D eigenvalue weighted by atomic mass is 10.0. The summed E-state index contributed by atoms with van der Waals surface area (Å²) in [5, 5.41) is 17.4. The van der Waals surface area contributed by atoms with E-state index in [-0.39, 0.29) is 5.76 Å². The van der Waals surface area contributed by atoms with Gasteiger partial charge in [-0.2, -0.15) is 0 Å². The van der Waals surface area contributed by atoms with Gasteiger partial charge in [0.1, 0.15) is 34.2 Å². The van der Waals surface area contributed by atoms with E-state index >= 15 is 0 Å². The molecule has 9 heteroatoms. The number of anilines is 1. The van der Waals surface area contributed by atoms with Crippen molar-refractivity contribution in [3.8, 4) is 11.8 Å². The van der Waals surface area contributed by atoms with E-state index in [4.69, 9.17) is 25.3 Å². The highest BCUT2D eigenvalue weighted by Crippen LogP contribution is 2.49. The summed E-state index contributed by atoms with van der Waals surface area (Å²) >= 11 is 6.18. The molecule has 1 atom stereocenters. The molecule has 1 saturated carbocycles. The van der Waals surface area contributed by atoms with Gasteiger partial charge in [0, 0.05) is 21.5 Å². The Morgan fingerprint density at radius 3 is 2.69 bits per heavy atom. The SMILES string of the molecule is Cc1noc(C#Cc2ccc3cc(C4(C(=O)O)CC4)oc3c2)c1NC(=O)OC(C)c1ccccc1Cl. The van der Waals surface area contributed by atoms with Crippen LogP contribution in [-0.4, -0.2) is 22.3 Å². The molecule has 1 fully saturated rings. The number of hydrogen-bond acceptors (Lipinski definition) is 6. The second-order valence-corrected chi connectivity index (χ2v) is 9.07. The molecule has 182 valence electrons. The van der Waals surface area contributed by atoms with Crippen LogP contribution < -0.4 is 5.32 Å². The summed E-state index contributed by atoms with van der Waals surface area (Å²) in [4.78, 5) is 24.1. The number of carboxylic acid groups (broad SMARTS) is 1. The quantitative estimate of drug-likeness (QED) is 0.310. The van der Waals surface area contributed by atoms with Gasteiger partial charge in [0.25, 0.3) is 0 Å². The van der Waals surface area contributed by atoms with Crippen molar-refractivity contribution in [1.82, 2.24) is 5.16 Å². The van der Waals surface area contributed by atoms with Gasteiger partial charge in [-0.3, -0.25) is 10.1 Å². The number of carbonyl (C=O) groups is 2. The number of ether oxygens (including phenoxy) is 1. The predicted molar refractivity (Wildman–Crippen MR) is 132 cm³/mol. The fourth-order valence-corrected chi connectivity index (χ4v) is 4.22. The van der Waals surface area contributed by atoms with Crippen molar-refractivity contribution in [2.75, 3.05) is 5.32 Å². The van der Waals surface area contributed by atoms with Gasteiger partial charge in [-0.25, -0.2) is 4.79 Å². The highest BCUT2D eigenvalue weighted by Gasteiger charge is 2.54. The van der Waals surface area contributed by atoms with E-state index in [1.807, 2.05) is 12.1 Å². The molecule has 8 nitrogen and oxygen atoms in total. The number of hydrogen-bond donors (Lipinski definition) is 2. The first-order valence-electron chi connectivity index (χ1n) is 11.2. The number of fused-ring (bicyclic) bond motifs is 1. The number of carboxylic acids is 1. The normalized spacial score (nSPS) is 14.5. The molecule has 36 heavy (non-hydrogen) atoms. The number of aryl methyl sites for hydroxylation is 1. The van der Waals surface area contributed by atoms with Gasteiger partial charge in [0.2, 0.25) is 5.76 Å². The maximum absolute atomic E-state index is 12.5. The third kappa shape index (κ3) is 4.41. The molecule has 1 amide bonds. The Labute approximate surface area is 211 Å². The maximum Gasteiger partial charge on any atom is 0.412 e. The Kier molecular flexibility index (Phi) is 5.94. The largest absolute Gasteiger partial charge is 0.480 e. The summed E-state index contributed by atoms with van der Waals surface area (Å²) in [5.41, 5.74) is 1.69. The minimum Gasteiger partial charge on any atom is -0.480 e. The first-order valence-corrected chi connectivity index (χ1v) is 11.6. The summed E-state index contributed by atoms with van der Waals surface area (Å²) in [6, 6.07) is 14.2. The number of halogens is 1. The van der Waals surface area contributed by atoms with Crippen LogP contribution in [0.1, 0.15) is 54.2 Å². The molecule has 0 spiro atoms. The second kappa shape index (κ2) is 9.10. The van der Waals surface area contributed by atoms with Crippen LogP contribution in [0.5, 0.6) is 0 Å². The van der Waals surface area contributed by atoms with Crippen LogP contribution in [0, 0.1) is 18.8 Å². The molecule has 0 bridgehead atoms. The summed E-state index contributed by atoms with van der Waals surface area (Å²) in [7, 11) is 0. The van der Waals surface area contributed by atoms with E-state index in [9.17, 15) is 14.7 Å². The summed E-state index contributed by atoms with van der Waals surface area (Å²) < 4.78 is 16.6. The van der Waals surface area contributed by atoms with Crippen molar-refractivity contribution >= 4 is 40.3 Å². The number of carbonyl (C=O) groups excluding carboxylic acids is 1. The topological polar surface area (TPSA) is 115 Å². The van der Waals surface area contributed by atoms with Gasteiger partial charge in [-0.05, 0) is 62.9 Å². The van der Waals surface area contributed by atoms with Gasteiger partial charge in [-0.1, -0.05) is 40.9 Å². The Hall–Kier alpha value is -4.22. The van der Waals surface area contributed by atoms with E-state index in [1.165, 1.54) is 0 Å². The first kappa shape index (κ1) is 23.5. The highest BCUT2D eigenvalue weighted by atomic mass is 35.5.